The molecule has 1 amide bonds. The summed E-state index contributed by atoms with van der Waals surface area (Å²) in [5.41, 5.74) is 1.21. The molecule has 1 aromatic carbocycles. The molecule has 0 fully saturated rings. The van der Waals surface area contributed by atoms with E-state index in [-0.39, 0.29) is 18.0 Å². The molecule has 2 aromatic rings. The summed E-state index contributed by atoms with van der Waals surface area (Å²) in [6, 6.07) is 7.00. The van der Waals surface area contributed by atoms with Crippen LogP contribution in [0.2, 0.25) is 0 Å². The fraction of sp³-hybridized carbons (Fsp3) is 0.154. The van der Waals surface area contributed by atoms with Crippen molar-refractivity contribution in [3.05, 3.63) is 53.9 Å². The molecule has 2 rings (SSSR count). The first-order chi connectivity index (χ1) is 8.65. The van der Waals surface area contributed by atoms with Crippen molar-refractivity contribution in [1.29, 1.82) is 0 Å². The lowest BCUT2D eigenvalue weighted by Gasteiger charge is -2.05. The zero-order chi connectivity index (χ0) is 13.0. The van der Waals surface area contributed by atoms with Crippen molar-refractivity contribution in [2.45, 2.75) is 12.8 Å². The van der Waals surface area contributed by atoms with E-state index in [2.05, 4.69) is 10.3 Å². The van der Waals surface area contributed by atoms with Gasteiger partial charge >= 0.3 is 0 Å². The molecule has 18 heavy (non-hydrogen) atoms. The highest BCUT2D eigenvalue weighted by molar-refractivity contribution is 5.90. The lowest BCUT2D eigenvalue weighted by Crippen LogP contribution is -2.12. The molecule has 0 atom stereocenters. The fourth-order valence-electron chi connectivity index (χ4n) is 1.57. The van der Waals surface area contributed by atoms with Crippen LogP contribution in [0.3, 0.4) is 0 Å². The zero-order valence-corrected chi connectivity index (χ0v) is 9.54. The minimum Gasteiger partial charge on any atom is -0.365 e. The van der Waals surface area contributed by atoms with Crippen molar-refractivity contribution < 1.29 is 13.6 Å². The summed E-state index contributed by atoms with van der Waals surface area (Å²) >= 11 is 0. The van der Waals surface area contributed by atoms with Crippen LogP contribution in [0.4, 0.5) is 14.5 Å². The summed E-state index contributed by atoms with van der Waals surface area (Å²) in [4.78, 5) is 14.5. The molecule has 0 aliphatic heterocycles. The predicted octanol–water partition coefficient (Wildman–Crippen LogP) is 2.86. The molecule has 0 bridgehead atoms. The van der Waals surface area contributed by atoms with E-state index < -0.39 is 11.6 Å². The molecule has 0 saturated heterocycles. The summed E-state index contributed by atoms with van der Waals surface area (Å²) in [5.74, 6) is -2.15. The Hall–Kier alpha value is -2.17. The molecule has 2 N–H and O–H groups in total. The summed E-state index contributed by atoms with van der Waals surface area (Å²) in [6.07, 6.45) is 2.63. The fourth-order valence-corrected chi connectivity index (χ4v) is 1.57. The minimum absolute atomic E-state index is 0.240. The maximum absolute atomic E-state index is 12.9. The van der Waals surface area contributed by atoms with Gasteiger partial charge in [0, 0.05) is 30.1 Å². The number of benzene rings is 1. The Bertz CT molecular complexity index is 538. The van der Waals surface area contributed by atoms with Gasteiger partial charge < -0.3 is 10.3 Å². The van der Waals surface area contributed by atoms with Gasteiger partial charge in [0.15, 0.2) is 11.6 Å². The Balaban J connectivity index is 1.88. The van der Waals surface area contributed by atoms with Crippen LogP contribution in [-0.4, -0.2) is 10.9 Å². The molecule has 0 saturated carbocycles. The molecule has 3 nitrogen and oxygen atoms in total. The second-order valence-corrected chi connectivity index (χ2v) is 3.87. The molecule has 94 valence electrons. The van der Waals surface area contributed by atoms with Crippen LogP contribution in [0.15, 0.2) is 36.5 Å². The van der Waals surface area contributed by atoms with Crippen molar-refractivity contribution in [3.63, 3.8) is 0 Å². The van der Waals surface area contributed by atoms with Crippen LogP contribution in [0.25, 0.3) is 0 Å². The lowest BCUT2D eigenvalue weighted by atomic mass is 10.2. The third-order valence-corrected chi connectivity index (χ3v) is 2.49. The average molecular weight is 250 g/mol. The van der Waals surface area contributed by atoms with Crippen molar-refractivity contribution in [2.24, 2.45) is 0 Å². The summed E-state index contributed by atoms with van der Waals surface area (Å²) in [7, 11) is 0. The van der Waals surface area contributed by atoms with E-state index in [9.17, 15) is 13.6 Å². The number of amides is 1. The SMILES string of the molecule is O=C(CCc1ccc[nH]1)Nc1ccc(F)c(F)c1. The molecule has 0 unspecified atom stereocenters. The van der Waals surface area contributed by atoms with Gasteiger partial charge in [-0.15, -0.1) is 0 Å². The Morgan fingerprint density at radius 2 is 2.06 bits per heavy atom. The van der Waals surface area contributed by atoms with Crippen molar-refractivity contribution in [1.82, 2.24) is 4.98 Å². The van der Waals surface area contributed by atoms with Gasteiger partial charge in [-0.2, -0.15) is 0 Å². The van der Waals surface area contributed by atoms with Crippen molar-refractivity contribution in [3.8, 4) is 0 Å². The van der Waals surface area contributed by atoms with E-state index in [1.54, 1.807) is 6.20 Å². The molecule has 1 aromatic heterocycles. The normalized spacial score (nSPS) is 10.3. The molecule has 5 heteroatoms. The smallest absolute Gasteiger partial charge is 0.224 e. The molecular formula is C13H12F2N2O. The predicted molar refractivity (Wildman–Crippen MR) is 64.1 cm³/mol. The highest BCUT2D eigenvalue weighted by atomic mass is 19.2. The summed E-state index contributed by atoms with van der Waals surface area (Å²) in [5, 5.41) is 2.51. The first kappa shape index (κ1) is 12.3. The van der Waals surface area contributed by atoms with Crippen LogP contribution in [0.5, 0.6) is 0 Å². The number of rotatable bonds is 4. The maximum atomic E-state index is 12.9. The van der Waals surface area contributed by atoms with E-state index in [0.717, 1.165) is 17.8 Å². The second-order valence-electron chi connectivity index (χ2n) is 3.87. The maximum Gasteiger partial charge on any atom is 0.224 e. The van der Waals surface area contributed by atoms with Gasteiger partial charge in [0.2, 0.25) is 5.91 Å². The number of carbonyl (C=O) groups is 1. The second kappa shape index (κ2) is 5.44. The Labute approximate surface area is 103 Å². The average Bonchev–Trinajstić information content (AvgIpc) is 2.84. The highest BCUT2D eigenvalue weighted by Crippen LogP contribution is 2.13. The lowest BCUT2D eigenvalue weighted by molar-refractivity contribution is -0.116. The van der Waals surface area contributed by atoms with E-state index in [1.807, 2.05) is 12.1 Å². The van der Waals surface area contributed by atoms with Crippen molar-refractivity contribution in [2.75, 3.05) is 5.32 Å². The summed E-state index contributed by atoms with van der Waals surface area (Å²) in [6.45, 7) is 0. The highest BCUT2D eigenvalue weighted by Gasteiger charge is 2.06. The Kier molecular flexibility index (Phi) is 3.72. The number of nitrogens with one attached hydrogen (secondary N) is 2. The van der Waals surface area contributed by atoms with Gasteiger partial charge in [-0.1, -0.05) is 0 Å². The number of aryl methyl sites for hydroxylation is 1. The number of halogens is 2. The molecule has 0 spiro atoms. The number of H-pyrrole nitrogens is 1. The third kappa shape index (κ3) is 3.16. The van der Waals surface area contributed by atoms with E-state index in [1.165, 1.54) is 6.07 Å². The van der Waals surface area contributed by atoms with Gasteiger partial charge in [-0.25, -0.2) is 8.78 Å². The van der Waals surface area contributed by atoms with Gasteiger partial charge in [-0.05, 0) is 30.7 Å². The van der Waals surface area contributed by atoms with E-state index in [4.69, 9.17) is 0 Å². The quantitative estimate of drug-likeness (QED) is 0.861. The van der Waals surface area contributed by atoms with Crippen LogP contribution in [0.1, 0.15) is 12.1 Å². The standard InChI is InChI=1S/C13H12F2N2O/c14-11-5-3-10(8-12(11)15)17-13(18)6-4-9-2-1-7-16-9/h1-3,5,7-8,16H,4,6H2,(H,17,18). The minimum atomic E-state index is -0.975. The molecular weight excluding hydrogens is 238 g/mol. The topological polar surface area (TPSA) is 44.9 Å². The van der Waals surface area contributed by atoms with E-state index >= 15 is 0 Å². The van der Waals surface area contributed by atoms with Crippen LogP contribution in [-0.2, 0) is 11.2 Å². The first-order valence-electron chi connectivity index (χ1n) is 5.52. The van der Waals surface area contributed by atoms with Gasteiger partial charge in [0.25, 0.3) is 0 Å². The van der Waals surface area contributed by atoms with Gasteiger partial charge in [0.05, 0.1) is 0 Å². The Morgan fingerprint density at radius 1 is 1.22 bits per heavy atom. The third-order valence-electron chi connectivity index (χ3n) is 2.49. The number of hydrogen-bond donors (Lipinski definition) is 2. The largest absolute Gasteiger partial charge is 0.365 e. The molecule has 0 aliphatic rings. The number of anilines is 1. The van der Waals surface area contributed by atoms with Crippen LogP contribution in [0, 0.1) is 11.6 Å². The van der Waals surface area contributed by atoms with Crippen molar-refractivity contribution >= 4 is 11.6 Å². The number of carbonyl (C=O) groups excluding carboxylic acids is 1. The van der Waals surface area contributed by atoms with Gasteiger partial charge in [-0.3, -0.25) is 4.79 Å². The van der Waals surface area contributed by atoms with E-state index in [0.29, 0.717) is 6.42 Å². The molecule has 1 heterocycles. The van der Waals surface area contributed by atoms with Crippen LogP contribution >= 0.6 is 0 Å². The number of aromatic nitrogens is 1. The van der Waals surface area contributed by atoms with Gasteiger partial charge in [0.1, 0.15) is 0 Å². The zero-order valence-electron chi connectivity index (χ0n) is 9.54. The Morgan fingerprint density at radius 3 is 2.72 bits per heavy atom. The summed E-state index contributed by atoms with van der Waals surface area (Å²) < 4.78 is 25.6. The monoisotopic (exact) mass is 250 g/mol. The van der Waals surface area contributed by atoms with Crippen LogP contribution < -0.4 is 5.32 Å². The molecule has 0 radical (unpaired) electrons. The first-order valence-corrected chi connectivity index (χ1v) is 5.52. The number of aromatic amines is 1. The number of hydrogen-bond acceptors (Lipinski definition) is 1. The molecule has 0 aliphatic carbocycles.